The van der Waals surface area contributed by atoms with Gasteiger partial charge in [-0.25, -0.2) is 4.79 Å². The van der Waals surface area contributed by atoms with E-state index in [1.165, 1.54) is 18.2 Å². The maximum atomic E-state index is 11.2. The summed E-state index contributed by atoms with van der Waals surface area (Å²) in [5.74, 6) is -1.34. The summed E-state index contributed by atoms with van der Waals surface area (Å²) in [6.07, 6.45) is 0. The maximum Gasteiger partial charge on any atom is 0.342 e. The molecule has 0 unspecified atom stereocenters. The molecule has 108 valence electrons. The second kappa shape index (κ2) is 5.92. The van der Waals surface area contributed by atoms with Crippen molar-refractivity contribution in [3.05, 3.63) is 62.1 Å². The van der Waals surface area contributed by atoms with E-state index in [0.29, 0.717) is 5.69 Å². The number of rotatable bonds is 4. The van der Waals surface area contributed by atoms with Gasteiger partial charge in [0, 0.05) is 10.2 Å². The molecular formula is C14H11BrN2O4. The zero-order valence-corrected chi connectivity index (χ0v) is 12.5. The van der Waals surface area contributed by atoms with Gasteiger partial charge in [0.15, 0.2) is 0 Å². The summed E-state index contributed by atoms with van der Waals surface area (Å²) < 4.78 is 0.813. The van der Waals surface area contributed by atoms with Gasteiger partial charge in [0.25, 0.3) is 0 Å². The minimum atomic E-state index is -1.34. The molecule has 0 aliphatic carbocycles. The fourth-order valence-corrected chi connectivity index (χ4v) is 2.25. The number of carbonyl (C=O) groups is 1. The van der Waals surface area contributed by atoms with Crippen LogP contribution in [0.3, 0.4) is 0 Å². The molecule has 2 aromatic carbocycles. The Kier molecular flexibility index (Phi) is 4.23. The van der Waals surface area contributed by atoms with E-state index in [9.17, 15) is 14.9 Å². The molecular weight excluding hydrogens is 340 g/mol. The third-order valence-electron chi connectivity index (χ3n) is 2.92. The number of carboxylic acids is 1. The number of nitro groups is 1. The molecule has 0 amide bonds. The molecule has 0 spiro atoms. The summed E-state index contributed by atoms with van der Waals surface area (Å²) in [4.78, 5) is 21.6. The van der Waals surface area contributed by atoms with Crippen molar-refractivity contribution in [2.24, 2.45) is 0 Å². The van der Waals surface area contributed by atoms with Crippen LogP contribution in [0.4, 0.5) is 17.1 Å². The van der Waals surface area contributed by atoms with Gasteiger partial charge in [0.1, 0.15) is 11.3 Å². The number of aryl methyl sites for hydroxylation is 1. The molecule has 0 aliphatic rings. The van der Waals surface area contributed by atoms with Crippen molar-refractivity contribution < 1.29 is 14.8 Å². The zero-order valence-electron chi connectivity index (χ0n) is 11.0. The standard InChI is InChI=1S/C14H11BrN2O4/c1-8-5-6-9(15)7-12(8)16-11-4-2-3-10(14(18)19)13(11)17(20)21/h2-7,16H,1H3,(H,18,19). The number of hydrogen-bond donors (Lipinski definition) is 2. The van der Waals surface area contributed by atoms with Gasteiger partial charge in [-0.3, -0.25) is 10.1 Å². The van der Waals surface area contributed by atoms with Crippen LogP contribution in [0.1, 0.15) is 15.9 Å². The number of carboxylic acid groups (broad SMARTS) is 1. The highest BCUT2D eigenvalue weighted by atomic mass is 79.9. The lowest BCUT2D eigenvalue weighted by molar-refractivity contribution is -0.384. The van der Waals surface area contributed by atoms with E-state index in [0.717, 1.165) is 10.0 Å². The topological polar surface area (TPSA) is 92.5 Å². The quantitative estimate of drug-likeness (QED) is 0.639. The van der Waals surface area contributed by atoms with Crippen LogP contribution in [0.2, 0.25) is 0 Å². The van der Waals surface area contributed by atoms with Crippen molar-refractivity contribution in [1.29, 1.82) is 0 Å². The molecule has 0 radical (unpaired) electrons. The third kappa shape index (κ3) is 3.19. The number of para-hydroxylation sites is 1. The van der Waals surface area contributed by atoms with E-state index in [-0.39, 0.29) is 11.3 Å². The van der Waals surface area contributed by atoms with E-state index >= 15 is 0 Å². The summed E-state index contributed by atoms with van der Waals surface area (Å²) in [7, 11) is 0. The van der Waals surface area contributed by atoms with Crippen LogP contribution in [0.25, 0.3) is 0 Å². The maximum absolute atomic E-state index is 11.2. The minimum absolute atomic E-state index is 0.140. The Morgan fingerprint density at radius 2 is 2.00 bits per heavy atom. The SMILES string of the molecule is Cc1ccc(Br)cc1Nc1cccc(C(=O)O)c1[N+](=O)[O-]. The molecule has 6 nitrogen and oxygen atoms in total. The molecule has 21 heavy (non-hydrogen) atoms. The van der Waals surface area contributed by atoms with Crippen molar-refractivity contribution in [3.63, 3.8) is 0 Å². The van der Waals surface area contributed by atoms with Crippen molar-refractivity contribution in [1.82, 2.24) is 0 Å². The highest BCUT2D eigenvalue weighted by molar-refractivity contribution is 9.10. The number of halogens is 1. The van der Waals surface area contributed by atoms with Gasteiger partial charge in [-0.05, 0) is 36.8 Å². The summed E-state index contributed by atoms with van der Waals surface area (Å²) in [6.45, 7) is 1.85. The summed E-state index contributed by atoms with van der Waals surface area (Å²) in [6, 6.07) is 9.62. The Morgan fingerprint density at radius 1 is 1.29 bits per heavy atom. The van der Waals surface area contributed by atoms with Gasteiger partial charge in [0.05, 0.1) is 4.92 Å². The molecule has 0 fully saturated rings. The summed E-state index contributed by atoms with van der Waals surface area (Å²) in [5.41, 5.74) is 0.881. The van der Waals surface area contributed by atoms with Gasteiger partial charge in [-0.2, -0.15) is 0 Å². The molecule has 0 aromatic heterocycles. The molecule has 0 saturated carbocycles. The van der Waals surface area contributed by atoms with Crippen molar-refractivity contribution in [2.75, 3.05) is 5.32 Å². The lowest BCUT2D eigenvalue weighted by atomic mass is 10.1. The van der Waals surface area contributed by atoms with Crippen LogP contribution >= 0.6 is 15.9 Å². The predicted octanol–water partition coefficient (Wildman–Crippen LogP) is 4.11. The molecule has 0 aliphatic heterocycles. The van der Waals surface area contributed by atoms with Gasteiger partial charge in [-0.1, -0.05) is 28.1 Å². The number of nitrogens with zero attached hydrogens (tertiary/aromatic N) is 1. The van der Waals surface area contributed by atoms with Crippen LogP contribution in [-0.4, -0.2) is 16.0 Å². The first-order valence-corrected chi connectivity index (χ1v) is 6.73. The molecule has 0 bridgehead atoms. The first-order chi connectivity index (χ1) is 9.90. The van der Waals surface area contributed by atoms with Crippen molar-refractivity contribution >= 4 is 39.0 Å². The van der Waals surface area contributed by atoms with Crippen LogP contribution in [0.15, 0.2) is 40.9 Å². The van der Waals surface area contributed by atoms with Gasteiger partial charge < -0.3 is 10.4 Å². The average Bonchev–Trinajstić information content (AvgIpc) is 2.42. The van der Waals surface area contributed by atoms with Gasteiger partial charge in [0.2, 0.25) is 0 Å². The molecule has 0 heterocycles. The summed E-state index contributed by atoms with van der Waals surface area (Å²) >= 11 is 3.33. The average molecular weight is 351 g/mol. The van der Waals surface area contributed by atoms with E-state index < -0.39 is 16.6 Å². The molecule has 0 saturated heterocycles. The fourth-order valence-electron chi connectivity index (χ4n) is 1.89. The Morgan fingerprint density at radius 3 is 2.62 bits per heavy atom. The largest absolute Gasteiger partial charge is 0.477 e. The first-order valence-electron chi connectivity index (χ1n) is 5.94. The monoisotopic (exact) mass is 350 g/mol. The number of nitro benzene ring substituents is 1. The Bertz CT molecular complexity index is 731. The number of nitrogens with one attached hydrogen (secondary N) is 1. The Balaban J connectivity index is 2.54. The van der Waals surface area contributed by atoms with E-state index in [1.54, 1.807) is 6.07 Å². The molecule has 7 heteroatoms. The van der Waals surface area contributed by atoms with Crippen LogP contribution in [0.5, 0.6) is 0 Å². The predicted molar refractivity (Wildman–Crippen MR) is 82.2 cm³/mol. The lowest BCUT2D eigenvalue weighted by Gasteiger charge is -2.11. The summed E-state index contributed by atoms with van der Waals surface area (Å²) in [5, 5.41) is 23.2. The molecule has 0 atom stereocenters. The van der Waals surface area contributed by atoms with Gasteiger partial charge >= 0.3 is 11.7 Å². The zero-order chi connectivity index (χ0) is 15.6. The van der Waals surface area contributed by atoms with E-state index in [4.69, 9.17) is 5.11 Å². The molecule has 2 aromatic rings. The lowest BCUT2D eigenvalue weighted by Crippen LogP contribution is -2.06. The Labute approximate surface area is 128 Å². The number of aromatic carboxylic acids is 1. The first kappa shape index (κ1) is 15.0. The highest BCUT2D eigenvalue weighted by Crippen LogP contribution is 2.33. The number of anilines is 2. The van der Waals surface area contributed by atoms with Crippen LogP contribution < -0.4 is 5.32 Å². The van der Waals surface area contributed by atoms with E-state index in [2.05, 4.69) is 21.2 Å². The normalized spacial score (nSPS) is 10.2. The second-order valence-corrected chi connectivity index (χ2v) is 5.26. The third-order valence-corrected chi connectivity index (χ3v) is 3.41. The Hall–Kier alpha value is -2.41. The molecule has 2 rings (SSSR count). The number of hydrogen-bond acceptors (Lipinski definition) is 4. The van der Waals surface area contributed by atoms with Gasteiger partial charge in [-0.15, -0.1) is 0 Å². The minimum Gasteiger partial charge on any atom is -0.477 e. The second-order valence-electron chi connectivity index (χ2n) is 4.35. The fraction of sp³-hybridized carbons (Fsp3) is 0.0714. The van der Waals surface area contributed by atoms with Crippen LogP contribution in [0, 0.1) is 17.0 Å². The highest BCUT2D eigenvalue weighted by Gasteiger charge is 2.24. The van der Waals surface area contributed by atoms with E-state index in [1.807, 2.05) is 19.1 Å². The van der Waals surface area contributed by atoms with Crippen molar-refractivity contribution in [3.8, 4) is 0 Å². The van der Waals surface area contributed by atoms with Crippen molar-refractivity contribution in [2.45, 2.75) is 6.92 Å². The van der Waals surface area contributed by atoms with Crippen LogP contribution in [-0.2, 0) is 0 Å². The smallest absolute Gasteiger partial charge is 0.342 e. The molecule has 2 N–H and O–H groups in total. The number of benzene rings is 2.